The van der Waals surface area contributed by atoms with E-state index in [9.17, 15) is 9.59 Å². The predicted octanol–water partition coefficient (Wildman–Crippen LogP) is 1.27. The van der Waals surface area contributed by atoms with Crippen molar-refractivity contribution in [3.8, 4) is 0 Å². The van der Waals surface area contributed by atoms with Crippen LogP contribution >= 0.6 is 0 Å². The van der Waals surface area contributed by atoms with Crippen LogP contribution in [0.4, 0.5) is 5.82 Å². The van der Waals surface area contributed by atoms with Crippen LogP contribution in [0.3, 0.4) is 0 Å². The molecule has 2 aromatic rings. The fraction of sp³-hybridized carbons (Fsp3) is 0.500. The van der Waals surface area contributed by atoms with E-state index in [4.69, 9.17) is 4.74 Å². The first-order chi connectivity index (χ1) is 11.5. The number of ether oxygens (including phenoxy) is 1. The molecule has 0 saturated carbocycles. The largest absolute Gasteiger partial charge is 0.381 e. The second-order valence-electron chi connectivity index (χ2n) is 6.07. The fourth-order valence-electron chi connectivity index (χ4n) is 2.73. The highest BCUT2D eigenvalue weighted by atomic mass is 16.5. The van der Waals surface area contributed by atoms with Crippen molar-refractivity contribution in [1.29, 1.82) is 0 Å². The maximum atomic E-state index is 12.4. The van der Waals surface area contributed by atoms with Crippen molar-refractivity contribution in [2.75, 3.05) is 18.5 Å². The van der Waals surface area contributed by atoms with E-state index in [0.717, 1.165) is 25.1 Å². The Hall–Kier alpha value is -2.48. The number of aromatic amines is 1. The Morgan fingerprint density at radius 2 is 2.25 bits per heavy atom. The molecule has 1 fully saturated rings. The van der Waals surface area contributed by atoms with Gasteiger partial charge in [-0.25, -0.2) is 4.98 Å². The SMILES string of the molecule is Cc1nc(C(=O)Nc2cc(C3CCCOC3)nn2C)c(=O)[nH]c1C. The molecule has 2 aromatic heterocycles. The Labute approximate surface area is 139 Å². The van der Waals surface area contributed by atoms with Gasteiger partial charge in [0.2, 0.25) is 0 Å². The predicted molar refractivity (Wildman–Crippen MR) is 88.3 cm³/mol. The van der Waals surface area contributed by atoms with E-state index in [2.05, 4.69) is 20.4 Å². The summed E-state index contributed by atoms with van der Waals surface area (Å²) in [5.74, 6) is 0.215. The molecule has 0 radical (unpaired) electrons. The fourth-order valence-corrected chi connectivity index (χ4v) is 2.73. The Bertz CT molecular complexity index is 818. The summed E-state index contributed by atoms with van der Waals surface area (Å²) in [6.07, 6.45) is 2.02. The zero-order chi connectivity index (χ0) is 17.3. The lowest BCUT2D eigenvalue weighted by atomic mass is 9.99. The molecule has 1 amide bonds. The molecule has 0 aliphatic carbocycles. The van der Waals surface area contributed by atoms with Gasteiger partial charge < -0.3 is 15.0 Å². The minimum absolute atomic E-state index is 0.151. The van der Waals surface area contributed by atoms with Crippen molar-refractivity contribution in [3.63, 3.8) is 0 Å². The Morgan fingerprint density at radius 1 is 1.46 bits per heavy atom. The summed E-state index contributed by atoms with van der Waals surface area (Å²) in [5.41, 5.74) is 1.50. The van der Waals surface area contributed by atoms with E-state index in [1.54, 1.807) is 25.6 Å². The smallest absolute Gasteiger partial charge is 0.281 e. The van der Waals surface area contributed by atoms with Crippen LogP contribution in [0.2, 0.25) is 0 Å². The number of carbonyl (C=O) groups excluding carboxylic acids is 1. The maximum Gasteiger partial charge on any atom is 0.281 e. The molecule has 128 valence electrons. The Balaban J connectivity index is 1.81. The number of rotatable bonds is 3. The summed E-state index contributed by atoms with van der Waals surface area (Å²) in [4.78, 5) is 31.0. The van der Waals surface area contributed by atoms with Crippen LogP contribution in [0.25, 0.3) is 0 Å². The van der Waals surface area contributed by atoms with Gasteiger partial charge in [-0.2, -0.15) is 5.10 Å². The topological polar surface area (TPSA) is 102 Å². The maximum absolute atomic E-state index is 12.4. The van der Waals surface area contributed by atoms with E-state index < -0.39 is 11.5 Å². The molecule has 1 aliphatic rings. The van der Waals surface area contributed by atoms with E-state index >= 15 is 0 Å². The summed E-state index contributed by atoms with van der Waals surface area (Å²) in [6, 6.07) is 1.83. The zero-order valence-corrected chi connectivity index (χ0v) is 14.0. The van der Waals surface area contributed by atoms with Gasteiger partial charge in [-0.05, 0) is 26.7 Å². The van der Waals surface area contributed by atoms with Crippen molar-refractivity contribution in [3.05, 3.63) is 39.2 Å². The standard InChI is InChI=1S/C16H21N5O3/c1-9-10(2)18-15(22)14(17-9)16(23)19-13-7-12(20-21(13)3)11-5-4-6-24-8-11/h7,11H,4-6,8H2,1-3H3,(H,18,22)(H,19,23). The lowest BCUT2D eigenvalue weighted by Crippen LogP contribution is -2.27. The van der Waals surface area contributed by atoms with Crippen LogP contribution in [-0.2, 0) is 11.8 Å². The third kappa shape index (κ3) is 3.23. The molecule has 8 heteroatoms. The molecular weight excluding hydrogens is 310 g/mol. The molecule has 3 heterocycles. The lowest BCUT2D eigenvalue weighted by Gasteiger charge is -2.19. The average Bonchev–Trinajstić information content (AvgIpc) is 2.92. The van der Waals surface area contributed by atoms with Gasteiger partial charge >= 0.3 is 0 Å². The first-order valence-corrected chi connectivity index (χ1v) is 7.96. The number of H-pyrrole nitrogens is 1. The third-order valence-electron chi connectivity index (χ3n) is 4.27. The molecule has 1 unspecified atom stereocenters. The quantitative estimate of drug-likeness (QED) is 0.882. The van der Waals surface area contributed by atoms with Gasteiger partial charge in [0.1, 0.15) is 5.82 Å². The minimum Gasteiger partial charge on any atom is -0.381 e. The molecule has 2 N–H and O–H groups in total. The van der Waals surface area contributed by atoms with Crippen LogP contribution in [0.15, 0.2) is 10.9 Å². The van der Waals surface area contributed by atoms with Crippen molar-refractivity contribution >= 4 is 11.7 Å². The molecular formula is C16H21N5O3. The van der Waals surface area contributed by atoms with Crippen LogP contribution < -0.4 is 10.9 Å². The van der Waals surface area contributed by atoms with Crippen molar-refractivity contribution in [1.82, 2.24) is 19.7 Å². The number of aromatic nitrogens is 4. The Kier molecular flexibility index (Phi) is 4.48. The number of carbonyl (C=O) groups is 1. The lowest BCUT2D eigenvalue weighted by molar-refractivity contribution is 0.0791. The number of hydrogen-bond acceptors (Lipinski definition) is 5. The van der Waals surface area contributed by atoms with Gasteiger partial charge in [-0.15, -0.1) is 0 Å². The van der Waals surface area contributed by atoms with E-state index in [0.29, 0.717) is 23.8 Å². The summed E-state index contributed by atoms with van der Waals surface area (Å²) in [7, 11) is 1.75. The van der Waals surface area contributed by atoms with Crippen LogP contribution in [-0.4, -0.2) is 38.9 Å². The molecule has 1 atom stereocenters. The van der Waals surface area contributed by atoms with Gasteiger partial charge in [-0.1, -0.05) is 0 Å². The number of hydrogen-bond donors (Lipinski definition) is 2. The molecule has 0 aromatic carbocycles. The molecule has 0 spiro atoms. The number of aryl methyl sites for hydroxylation is 3. The van der Waals surface area contributed by atoms with Gasteiger partial charge in [0.25, 0.3) is 11.5 Å². The number of amides is 1. The monoisotopic (exact) mass is 331 g/mol. The highest BCUT2D eigenvalue weighted by Gasteiger charge is 2.21. The zero-order valence-electron chi connectivity index (χ0n) is 14.0. The van der Waals surface area contributed by atoms with Crippen molar-refractivity contribution < 1.29 is 9.53 Å². The molecule has 1 saturated heterocycles. The van der Waals surface area contributed by atoms with Gasteiger partial charge in [0.05, 0.1) is 18.0 Å². The molecule has 1 aliphatic heterocycles. The van der Waals surface area contributed by atoms with Gasteiger partial charge in [-0.3, -0.25) is 14.3 Å². The number of nitrogens with zero attached hydrogens (tertiary/aromatic N) is 3. The molecule has 0 bridgehead atoms. The highest BCUT2D eigenvalue weighted by molar-refractivity contribution is 6.02. The minimum atomic E-state index is -0.547. The van der Waals surface area contributed by atoms with E-state index in [-0.39, 0.29) is 11.6 Å². The third-order valence-corrected chi connectivity index (χ3v) is 4.27. The van der Waals surface area contributed by atoms with Gasteiger partial charge in [0.15, 0.2) is 5.69 Å². The second kappa shape index (κ2) is 6.56. The number of nitrogens with one attached hydrogen (secondary N) is 2. The second-order valence-corrected chi connectivity index (χ2v) is 6.07. The van der Waals surface area contributed by atoms with Crippen LogP contribution in [0, 0.1) is 13.8 Å². The average molecular weight is 331 g/mol. The number of anilines is 1. The first-order valence-electron chi connectivity index (χ1n) is 7.96. The molecule has 3 rings (SSSR count). The van der Waals surface area contributed by atoms with Crippen molar-refractivity contribution in [2.45, 2.75) is 32.6 Å². The van der Waals surface area contributed by atoms with Gasteiger partial charge in [0, 0.05) is 31.3 Å². The summed E-state index contributed by atoms with van der Waals surface area (Å²) >= 11 is 0. The van der Waals surface area contributed by atoms with Crippen molar-refractivity contribution in [2.24, 2.45) is 7.05 Å². The molecule has 24 heavy (non-hydrogen) atoms. The van der Waals surface area contributed by atoms with E-state index in [1.165, 1.54) is 0 Å². The normalized spacial score (nSPS) is 17.7. The van der Waals surface area contributed by atoms with Crippen LogP contribution in [0.1, 0.15) is 46.3 Å². The summed E-state index contributed by atoms with van der Waals surface area (Å²) in [5, 5.41) is 7.16. The first kappa shape index (κ1) is 16.4. The Morgan fingerprint density at radius 3 is 2.96 bits per heavy atom. The van der Waals surface area contributed by atoms with E-state index in [1.807, 2.05) is 6.07 Å². The summed E-state index contributed by atoms with van der Waals surface area (Å²) in [6.45, 7) is 4.91. The highest BCUT2D eigenvalue weighted by Crippen LogP contribution is 2.26. The van der Waals surface area contributed by atoms with Crippen LogP contribution in [0.5, 0.6) is 0 Å². The molecule has 8 nitrogen and oxygen atoms in total. The summed E-state index contributed by atoms with van der Waals surface area (Å²) < 4.78 is 7.08.